The molecule has 1 aromatic carbocycles. The van der Waals surface area contributed by atoms with E-state index in [2.05, 4.69) is 25.6 Å². The van der Waals surface area contributed by atoms with E-state index in [4.69, 9.17) is 0 Å². The highest BCUT2D eigenvalue weighted by molar-refractivity contribution is 7.91. The number of carbonyl (C=O) groups is 1. The largest absolute Gasteiger partial charge is 0.350 e. The van der Waals surface area contributed by atoms with Crippen molar-refractivity contribution >= 4 is 38.3 Å². The number of nitrogens with one attached hydrogen (secondary N) is 2. The molecule has 3 aromatic rings. The average molecular weight is 383 g/mol. The molecule has 1 aliphatic rings. The van der Waals surface area contributed by atoms with Crippen molar-refractivity contribution in [3.63, 3.8) is 0 Å². The maximum atomic E-state index is 12.5. The Morgan fingerprint density at radius 3 is 2.59 bits per heavy atom. The third kappa shape index (κ3) is 3.87. The van der Waals surface area contributed by atoms with E-state index in [-0.39, 0.29) is 23.5 Å². The van der Waals surface area contributed by atoms with Crippen molar-refractivity contribution in [1.29, 1.82) is 0 Å². The van der Waals surface area contributed by atoms with Gasteiger partial charge < -0.3 is 10.6 Å². The van der Waals surface area contributed by atoms with Crippen LogP contribution in [0, 0.1) is 0 Å². The van der Waals surface area contributed by atoms with Crippen molar-refractivity contribution in [2.24, 2.45) is 0 Å². The van der Waals surface area contributed by atoms with Crippen molar-refractivity contribution in [2.45, 2.75) is 12.5 Å². The first-order chi connectivity index (χ1) is 13.0. The number of rotatable bonds is 4. The minimum atomic E-state index is -2.98. The lowest BCUT2D eigenvalue weighted by atomic mass is 10.2. The lowest BCUT2D eigenvalue weighted by Gasteiger charge is -2.11. The fourth-order valence-electron chi connectivity index (χ4n) is 3.01. The lowest BCUT2D eigenvalue weighted by molar-refractivity contribution is 0.102. The Morgan fingerprint density at radius 2 is 1.85 bits per heavy atom. The van der Waals surface area contributed by atoms with Crippen LogP contribution in [-0.4, -0.2) is 46.8 Å². The predicted molar refractivity (Wildman–Crippen MR) is 102 cm³/mol. The number of nitrogens with zero attached hydrogens (tertiary/aromatic N) is 3. The topological polar surface area (TPSA) is 114 Å². The van der Waals surface area contributed by atoms with Gasteiger partial charge in [-0.1, -0.05) is 18.2 Å². The van der Waals surface area contributed by atoms with Gasteiger partial charge in [0.25, 0.3) is 5.91 Å². The summed E-state index contributed by atoms with van der Waals surface area (Å²) in [6.07, 6.45) is 5.02. The van der Waals surface area contributed by atoms with Crippen LogP contribution in [-0.2, 0) is 9.84 Å². The first-order valence-electron chi connectivity index (χ1n) is 8.44. The molecule has 0 saturated carbocycles. The number of carbonyl (C=O) groups excluding carboxylic acids is 1. The minimum Gasteiger partial charge on any atom is -0.350 e. The maximum absolute atomic E-state index is 12.5. The molecule has 0 aliphatic carbocycles. The van der Waals surface area contributed by atoms with Gasteiger partial charge in [-0.15, -0.1) is 0 Å². The fourth-order valence-corrected chi connectivity index (χ4v) is 4.68. The van der Waals surface area contributed by atoms with Crippen LogP contribution in [0.3, 0.4) is 0 Å². The number of para-hydroxylation sites is 1. The number of pyridine rings is 1. The first kappa shape index (κ1) is 17.3. The van der Waals surface area contributed by atoms with Crippen LogP contribution >= 0.6 is 0 Å². The molecule has 0 radical (unpaired) electrons. The summed E-state index contributed by atoms with van der Waals surface area (Å²) in [6.45, 7) is 0. The number of fused-ring (bicyclic) bond motifs is 1. The Bertz CT molecular complexity index is 1090. The van der Waals surface area contributed by atoms with Crippen LogP contribution in [0.25, 0.3) is 10.9 Å². The van der Waals surface area contributed by atoms with Crippen molar-refractivity contribution in [3.05, 3.63) is 54.5 Å². The molecule has 1 fully saturated rings. The standard InChI is InChI=1S/C18H17N5O3S/c24-17(23-15-5-1-3-12-4-2-7-19-16(12)15)13-9-20-18(21-10-13)22-14-6-8-27(25,26)11-14/h1-5,7,9-10,14H,6,8,11H2,(H,23,24)(H,20,21,22). The zero-order chi connectivity index (χ0) is 18.9. The van der Waals surface area contributed by atoms with Crippen LogP contribution in [0.4, 0.5) is 11.6 Å². The van der Waals surface area contributed by atoms with E-state index >= 15 is 0 Å². The summed E-state index contributed by atoms with van der Waals surface area (Å²) in [6, 6.07) is 9.11. The van der Waals surface area contributed by atoms with E-state index in [0.717, 1.165) is 5.39 Å². The van der Waals surface area contributed by atoms with Gasteiger partial charge in [0.2, 0.25) is 5.95 Å². The van der Waals surface area contributed by atoms with Crippen LogP contribution in [0.2, 0.25) is 0 Å². The first-order valence-corrected chi connectivity index (χ1v) is 10.3. The van der Waals surface area contributed by atoms with E-state index in [1.807, 2.05) is 24.3 Å². The van der Waals surface area contributed by atoms with Gasteiger partial charge in [0.1, 0.15) is 0 Å². The summed E-state index contributed by atoms with van der Waals surface area (Å²) in [5.74, 6) is 0.209. The van der Waals surface area contributed by atoms with Crippen LogP contribution < -0.4 is 10.6 Å². The van der Waals surface area contributed by atoms with Gasteiger partial charge in [-0.2, -0.15) is 0 Å². The highest BCUT2D eigenvalue weighted by Crippen LogP contribution is 2.21. The van der Waals surface area contributed by atoms with Gasteiger partial charge in [-0.05, 0) is 18.6 Å². The van der Waals surface area contributed by atoms with E-state index < -0.39 is 9.84 Å². The molecule has 1 unspecified atom stereocenters. The SMILES string of the molecule is O=C(Nc1cccc2cccnc12)c1cnc(NC2CCS(=O)(=O)C2)nc1. The molecule has 8 nitrogen and oxygen atoms in total. The predicted octanol–water partition coefficient (Wildman–Crippen LogP) is 1.88. The Morgan fingerprint density at radius 1 is 1.07 bits per heavy atom. The van der Waals surface area contributed by atoms with Crippen molar-refractivity contribution in [2.75, 3.05) is 22.1 Å². The third-order valence-corrected chi connectivity index (χ3v) is 6.13. The minimum absolute atomic E-state index is 0.0761. The molecular formula is C18H17N5O3S. The summed E-state index contributed by atoms with van der Waals surface area (Å²) in [5, 5.41) is 6.75. The molecule has 9 heteroatoms. The summed E-state index contributed by atoms with van der Waals surface area (Å²) in [7, 11) is -2.98. The van der Waals surface area contributed by atoms with E-state index in [1.54, 1.807) is 12.3 Å². The molecule has 138 valence electrons. The van der Waals surface area contributed by atoms with E-state index in [9.17, 15) is 13.2 Å². The number of anilines is 2. The maximum Gasteiger partial charge on any atom is 0.258 e. The van der Waals surface area contributed by atoms with Crippen LogP contribution in [0.15, 0.2) is 48.9 Å². The second-order valence-electron chi connectivity index (χ2n) is 6.37. The van der Waals surface area contributed by atoms with E-state index in [1.165, 1.54) is 12.4 Å². The number of sulfone groups is 1. The molecule has 3 heterocycles. The third-order valence-electron chi connectivity index (χ3n) is 4.36. The lowest BCUT2D eigenvalue weighted by Crippen LogP contribution is -2.22. The molecule has 2 aromatic heterocycles. The smallest absolute Gasteiger partial charge is 0.258 e. The molecule has 2 N–H and O–H groups in total. The van der Waals surface area contributed by atoms with Gasteiger partial charge >= 0.3 is 0 Å². The molecule has 1 atom stereocenters. The molecule has 0 bridgehead atoms. The summed E-state index contributed by atoms with van der Waals surface area (Å²) < 4.78 is 23.0. The monoisotopic (exact) mass is 383 g/mol. The zero-order valence-corrected chi connectivity index (χ0v) is 15.1. The average Bonchev–Trinajstić information content (AvgIpc) is 3.01. The Kier molecular flexibility index (Phi) is 4.44. The van der Waals surface area contributed by atoms with Crippen molar-refractivity contribution in [3.8, 4) is 0 Å². The van der Waals surface area contributed by atoms with Gasteiger partial charge in [0, 0.05) is 30.0 Å². The van der Waals surface area contributed by atoms with Crippen molar-refractivity contribution < 1.29 is 13.2 Å². The van der Waals surface area contributed by atoms with Gasteiger partial charge in [-0.25, -0.2) is 18.4 Å². The molecule has 1 amide bonds. The molecule has 0 spiro atoms. The molecule has 4 rings (SSSR count). The van der Waals surface area contributed by atoms with Gasteiger partial charge in [0.05, 0.1) is 28.3 Å². The number of amides is 1. The second-order valence-corrected chi connectivity index (χ2v) is 8.60. The zero-order valence-electron chi connectivity index (χ0n) is 14.3. The Balaban J connectivity index is 1.46. The highest BCUT2D eigenvalue weighted by Gasteiger charge is 2.28. The Hall–Kier alpha value is -3.07. The van der Waals surface area contributed by atoms with Gasteiger partial charge in [0.15, 0.2) is 9.84 Å². The second kappa shape index (κ2) is 6.92. The molecule has 1 saturated heterocycles. The van der Waals surface area contributed by atoms with Crippen molar-refractivity contribution in [1.82, 2.24) is 15.0 Å². The quantitative estimate of drug-likeness (QED) is 0.707. The summed E-state index contributed by atoms with van der Waals surface area (Å²) >= 11 is 0. The molecular weight excluding hydrogens is 366 g/mol. The molecule has 1 aliphatic heterocycles. The summed E-state index contributed by atoms with van der Waals surface area (Å²) in [4.78, 5) is 25.0. The summed E-state index contributed by atoms with van der Waals surface area (Å²) in [5.41, 5.74) is 1.61. The Labute approximate surface area is 156 Å². The highest BCUT2D eigenvalue weighted by atomic mass is 32.2. The number of hydrogen-bond donors (Lipinski definition) is 2. The number of aromatic nitrogens is 3. The van der Waals surface area contributed by atoms with Crippen LogP contribution in [0.1, 0.15) is 16.8 Å². The molecule has 27 heavy (non-hydrogen) atoms. The number of benzene rings is 1. The fraction of sp³-hybridized carbons (Fsp3) is 0.222. The van der Waals surface area contributed by atoms with E-state index in [0.29, 0.717) is 29.1 Å². The van der Waals surface area contributed by atoms with Gasteiger partial charge in [-0.3, -0.25) is 9.78 Å². The number of hydrogen-bond acceptors (Lipinski definition) is 7. The van der Waals surface area contributed by atoms with Crippen LogP contribution in [0.5, 0.6) is 0 Å². The normalized spacial score (nSPS) is 18.3.